The highest BCUT2D eigenvalue weighted by molar-refractivity contribution is 6.29. The Hall–Kier alpha value is -7.83. The molecule has 0 radical (unpaired) electrons. The zero-order valence-corrected chi connectivity index (χ0v) is 30.5. The summed E-state index contributed by atoms with van der Waals surface area (Å²) in [6.45, 7) is 0. The number of aromatic nitrogens is 5. The third kappa shape index (κ3) is 4.81. The number of hydrogen-bond acceptors (Lipinski definition) is 4. The summed E-state index contributed by atoms with van der Waals surface area (Å²) in [5.74, 6) is 1.82. The molecule has 6 heteroatoms. The van der Waals surface area contributed by atoms with Crippen molar-refractivity contribution in [1.82, 2.24) is 24.1 Å². The van der Waals surface area contributed by atoms with Crippen LogP contribution in [0, 0.1) is 0 Å². The number of para-hydroxylation sites is 4. The predicted octanol–water partition coefficient (Wildman–Crippen LogP) is 13.0. The van der Waals surface area contributed by atoms with Gasteiger partial charge in [-0.15, -0.1) is 0 Å². The number of furan rings is 1. The van der Waals surface area contributed by atoms with Crippen molar-refractivity contribution in [2.45, 2.75) is 0 Å². The lowest BCUT2D eigenvalue weighted by Crippen LogP contribution is -2.01. The standard InChI is InChI=1S/C51H31N5O/c1-3-14-32(15-4-1)49-52-50(54-51(53-49)39-21-13-25-45-46(39)38-20-9-12-24-44(38)57-45)33-26-28-35(29-27-33)56-41-23-11-8-19-37(41)48-43(56)31-30-42-47(48)36-18-7-10-22-40(36)55(42)34-16-5-2-6-17-34/h1-31H. The number of rotatable bonds is 5. The van der Waals surface area contributed by atoms with Gasteiger partial charge in [-0.05, 0) is 72.8 Å². The molecule has 57 heavy (non-hydrogen) atoms. The van der Waals surface area contributed by atoms with Crippen molar-refractivity contribution in [1.29, 1.82) is 0 Å². The molecule has 6 nitrogen and oxygen atoms in total. The van der Waals surface area contributed by atoms with Gasteiger partial charge in [-0.1, -0.05) is 115 Å². The summed E-state index contributed by atoms with van der Waals surface area (Å²) in [6.07, 6.45) is 0. The van der Waals surface area contributed by atoms with Crippen LogP contribution in [0.3, 0.4) is 0 Å². The van der Waals surface area contributed by atoms with Gasteiger partial charge in [0.2, 0.25) is 0 Å². The second-order valence-corrected chi connectivity index (χ2v) is 14.4. The van der Waals surface area contributed by atoms with E-state index < -0.39 is 0 Å². The molecular weight excluding hydrogens is 699 g/mol. The molecule has 0 aliphatic heterocycles. The summed E-state index contributed by atoms with van der Waals surface area (Å²) in [5.41, 5.74) is 11.3. The van der Waals surface area contributed by atoms with Crippen LogP contribution in [0.15, 0.2) is 192 Å². The maximum absolute atomic E-state index is 6.25. The summed E-state index contributed by atoms with van der Waals surface area (Å²) in [4.78, 5) is 15.3. The van der Waals surface area contributed by atoms with E-state index in [0.29, 0.717) is 17.5 Å². The van der Waals surface area contributed by atoms with E-state index in [-0.39, 0.29) is 0 Å². The predicted molar refractivity (Wildman–Crippen MR) is 232 cm³/mol. The van der Waals surface area contributed by atoms with Gasteiger partial charge in [0.15, 0.2) is 17.5 Å². The molecular formula is C51H31N5O. The molecule has 0 unspecified atom stereocenters. The van der Waals surface area contributed by atoms with Crippen molar-refractivity contribution >= 4 is 65.6 Å². The minimum atomic E-state index is 0.598. The molecule has 0 fully saturated rings. The Morgan fingerprint density at radius 3 is 1.46 bits per heavy atom. The first-order chi connectivity index (χ1) is 28.3. The first kappa shape index (κ1) is 31.5. The molecule has 0 N–H and O–H groups in total. The molecule has 0 spiro atoms. The number of fused-ring (bicyclic) bond motifs is 10. The Morgan fingerprint density at radius 2 is 0.807 bits per heavy atom. The zero-order valence-electron chi connectivity index (χ0n) is 30.5. The maximum atomic E-state index is 6.25. The summed E-state index contributed by atoms with van der Waals surface area (Å²) in [6, 6.07) is 65.5. The lowest BCUT2D eigenvalue weighted by Gasteiger charge is -2.11. The van der Waals surface area contributed by atoms with Gasteiger partial charge < -0.3 is 13.6 Å². The Labute approximate surface area is 326 Å². The zero-order chi connectivity index (χ0) is 37.5. The largest absolute Gasteiger partial charge is 0.456 e. The van der Waals surface area contributed by atoms with E-state index in [0.717, 1.165) is 61.0 Å². The minimum Gasteiger partial charge on any atom is -0.456 e. The highest BCUT2D eigenvalue weighted by atomic mass is 16.3. The second-order valence-electron chi connectivity index (χ2n) is 14.4. The summed E-state index contributed by atoms with van der Waals surface area (Å²) >= 11 is 0. The van der Waals surface area contributed by atoms with E-state index in [1.807, 2.05) is 60.7 Å². The highest BCUT2D eigenvalue weighted by Crippen LogP contribution is 2.43. The lowest BCUT2D eigenvalue weighted by molar-refractivity contribution is 0.669. The van der Waals surface area contributed by atoms with Gasteiger partial charge in [-0.3, -0.25) is 0 Å². The quantitative estimate of drug-likeness (QED) is 0.177. The molecule has 0 atom stereocenters. The van der Waals surface area contributed by atoms with Gasteiger partial charge >= 0.3 is 0 Å². The molecule has 0 saturated carbocycles. The van der Waals surface area contributed by atoms with Gasteiger partial charge in [0.25, 0.3) is 0 Å². The molecule has 12 rings (SSSR count). The summed E-state index contributed by atoms with van der Waals surface area (Å²) in [5, 5.41) is 6.97. The number of nitrogens with zero attached hydrogens (tertiary/aromatic N) is 5. The van der Waals surface area contributed by atoms with Crippen LogP contribution in [-0.4, -0.2) is 24.1 Å². The third-order valence-electron chi connectivity index (χ3n) is 11.2. The van der Waals surface area contributed by atoms with Crippen LogP contribution >= 0.6 is 0 Å². The molecule has 0 saturated heterocycles. The van der Waals surface area contributed by atoms with E-state index in [1.54, 1.807) is 0 Å². The molecule has 8 aromatic carbocycles. The van der Waals surface area contributed by atoms with Crippen molar-refractivity contribution in [2.24, 2.45) is 0 Å². The molecule has 0 aliphatic rings. The maximum Gasteiger partial charge on any atom is 0.164 e. The Kier molecular flexibility index (Phi) is 6.83. The Morgan fingerprint density at radius 1 is 0.316 bits per heavy atom. The van der Waals surface area contributed by atoms with Crippen molar-refractivity contribution in [3.05, 3.63) is 188 Å². The molecule has 0 amide bonds. The first-order valence-electron chi connectivity index (χ1n) is 19.1. The van der Waals surface area contributed by atoms with Crippen LogP contribution in [0.25, 0.3) is 111 Å². The highest BCUT2D eigenvalue weighted by Gasteiger charge is 2.21. The molecule has 0 aliphatic carbocycles. The van der Waals surface area contributed by atoms with Gasteiger partial charge in [0, 0.05) is 60.4 Å². The topological polar surface area (TPSA) is 61.7 Å². The third-order valence-corrected chi connectivity index (χ3v) is 11.2. The van der Waals surface area contributed by atoms with Crippen molar-refractivity contribution in [3.63, 3.8) is 0 Å². The van der Waals surface area contributed by atoms with E-state index in [9.17, 15) is 0 Å². The van der Waals surface area contributed by atoms with Crippen molar-refractivity contribution in [2.75, 3.05) is 0 Å². The lowest BCUT2D eigenvalue weighted by atomic mass is 10.1. The van der Waals surface area contributed by atoms with Gasteiger partial charge in [-0.2, -0.15) is 0 Å². The minimum absolute atomic E-state index is 0.598. The fourth-order valence-electron chi connectivity index (χ4n) is 8.71. The normalized spacial score (nSPS) is 11.9. The van der Waals surface area contributed by atoms with Crippen LogP contribution in [-0.2, 0) is 0 Å². The molecule has 12 aromatic rings. The fraction of sp³-hybridized carbons (Fsp3) is 0. The SMILES string of the molecule is c1ccc(-c2nc(-c3ccc(-n4c5ccccc5c5c6c7ccccc7n(-c7ccccc7)c6ccc54)cc3)nc(-c3cccc4oc5ccccc5c34)n2)cc1. The summed E-state index contributed by atoms with van der Waals surface area (Å²) < 4.78 is 11.0. The average molecular weight is 730 g/mol. The van der Waals surface area contributed by atoms with Crippen LogP contribution < -0.4 is 0 Å². The van der Waals surface area contributed by atoms with E-state index in [2.05, 4.69) is 137 Å². The second kappa shape index (κ2) is 12.3. The molecule has 4 aromatic heterocycles. The summed E-state index contributed by atoms with van der Waals surface area (Å²) in [7, 11) is 0. The van der Waals surface area contributed by atoms with Crippen LogP contribution in [0.2, 0.25) is 0 Å². The van der Waals surface area contributed by atoms with Gasteiger partial charge in [0.1, 0.15) is 11.2 Å². The molecule has 0 bridgehead atoms. The smallest absolute Gasteiger partial charge is 0.164 e. The van der Waals surface area contributed by atoms with Crippen LogP contribution in [0.5, 0.6) is 0 Å². The average Bonchev–Trinajstić information content (AvgIpc) is 3.95. The Balaban J connectivity index is 1.04. The number of hydrogen-bond donors (Lipinski definition) is 0. The van der Waals surface area contributed by atoms with E-state index in [1.165, 1.54) is 32.6 Å². The van der Waals surface area contributed by atoms with Crippen LogP contribution in [0.4, 0.5) is 0 Å². The number of benzene rings is 8. The fourth-order valence-corrected chi connectivity index (χ4v) is 8.71. The van der Waals surface area contributed by atoms with E-state index in [4.69, 9.17) is 19.4 Å². The van der Waals surface area contributed by atoms with Crippen molar-refractivity contribution in [3.8, 4) is 45.5 Å². The monoisotopic (exact) mass is 729 g/mol. The Bertz CT molecular complexity index is 3510. The van der Waals surface area contributed by atoms with Gasteiger partial charge in [-0.25, -0.2) is 15.0 Å². The molecule has 4 heterocycles. The first-order valence-corrected chi connectivity index (χ1v) is 19.1. The van der Waals surface area contributed by atoms with Gasteiger partial charge in [0.05, 0.1) is 22.1 Å². The van der Waals surface area contributed by atoms with E-state index >= 15 is 0 Å². The molecule has 266 valence electrons. The van der Waals surface area contributed by atoms with Crippen LogP contribution in [0.1, 0.15) is 0 Å². The van der Waals surface area contributed by atoms with Crippen molar-refractivity contribution < 1.29 is 4.42 Å².